The molecule has 0 saturated carbocycles. The third kappa shape index (κ3) is 6.31. The number of rotatable bonds is 7. The Kier molecular flexibility index (Phi) is 8.32. The Hall–Kier alpha value is -2.64. The lowest BCUT2D eigenvalue weighted by atomic mass is 9.81. The van der Waals surface area contributed by atoms with Crippen LogP contribution in [-0.4, -0.2) is 84.5 Å². The molecule has 40 heavy (non-hydrogen) atoms. The van der Waals surface area contributed by atoms with Crippen LogP contribution in [0.1, 0.15) is 26.7 Å². The molecule has 5 atom stereocenters. The topological polar surface area (TPSA) is 90.5 Å². The maximum absolute atomic E-state index is 15.8. The van der Waals surface area contributed by atoms with Gasteiger partial charge in [0.25, 0.3) is 0 Å². The van der Waals surface area contributed by atoms with E-state index < -0.39 is 32.5 Å². The summed E-state index contributed by atoms with van der Waals surface area (Å²) in [6.07, 6.45) is 5.47. The SMILES string of the molecule is CN(C)[C@H]1CN(C2=CC(C)(C(F)(F)F)CC=C2)CCC1NC1=CC(C)(F)C(S(=O)(=O)Nc2ccncn2)C=C1Cl. The molecule has 0 bridgehead atoms. The van der Waals surface area contributed by atoms with Gasteiger partial charge in [-0.3, -0.25) is 4.72 Å². The first-order valence-corrected chi connectivity index (χ1v) is 14.7. The average molecular weight is 605 g/mol. The summed E-state index contributed by atoms with van der Waals surface area (Å²) in [5.41, 5.74) is -3.47. The summed E-state index contributed by atoms with van der Waals surface area (Å²) in [5, 5.41) is 1.71. The number of aromatic nitrogens is 2. The molecule has 2 N–H and O–H groups in total. The molecule has 4 rings (SSSR count). The van der Waals surface area contributed by atoms with Gasteiger partial charge in [-0.2, -0.15) is 13.2 Å². The molecule has 14 heteroatoms. The van der Waals surface area contributed by atoms with Gasteiger partial charge in [0, 0.05) is 37.1 Å². The Morgan fingerprint density at radius 1 is 1.23 bits per heavy atom. The van der Waals surface area contributed by atoms with Gasteiger partial charge in [0.05, 0.1) is 16.1 Å². The van der Waals surface area contributed by atoms with Crippen LogP contribution < -0.4 is 10.0 Å². The molecule has 0 amide bonds. The van der Waals surface area contributed by atoms with Crippen LogP contribution in [0, 0.1) is 5.41 Å². The molecule has 4 unspecified atom stereocenters. The van der Waals surface area contributed by atoms with Crippen molar-refractivity contribution < 1.29 is 26.0 Å². The molecule has 1 saturated heterocycles. The number of allylic oxidation sites excluding steroid dienone is 5. The first kappa shape index (κ1) is 30.3. The zero-order valence-corrected chi connectivity index (χ0v) is 24.2. The molecule has 2 aliphatic carbocycles. The molecule has 0 radical (unpaired) electrons. The number of sulfonamides is 1. The number of hydrogen-bond donors (Lipinski definition) is 2. The minimum absolute atomic E-state index is 0.00211. The Morgan fingerprint density at radius 2 is 1.95 bits per heavy atom. The van der Waals surface area contributed by atoms with Gasteiger partial charge in [-0.25, -0.2) is 22.8 Å². The third-order valence-electron chi connectivity index (χ3n) is 7.60. The quantitative estimate of drug-likeness (QED) is 0.448. The lowest BCUT2D eigenvalue weighted by Crippen LogP contribution is -2.58. The van der Waals surface area contributed by atoms with E-state index in [1.165, 1.54) is 37.7 Å². The molecule has 1 aromatic rings. The summed E-state index contributed by atoms with van der Waals surface area (Å²) in [6.45, 7) is 3.25. The minimum atomic E-state index is -4.37. The molecule has 220 valence electrons. The van der Waals surface area contributed by atoms with Crippen molar-refractivity contribution in [2.45, 2.75) is 55.9 Å². The van der Waals surface area contributed by atoms with Gasteiger partial charge in [0.2, 0.25) is 10.0 Å². The highest BCUT2D eigenvalue weighted by Gasteiger charge is 2.50. The van der Waals surface area contributed by atoms with Gasteiger partial charge in [-0.05, 0) is 71.2 Å². The van der Waals surface area contributed by atoms with Crippen molar-refractivity contribution in [3.63, 3.8) is 0 Å². The number of likely N-dealkylation sites (tertiary alicyclic amines) is 1. The second kappa shape index (κ2) is 11.0. The summed E-state index contributed by atoms with van der Waals surface area (Å²) in [5.74, 6) is 0.00211. The summed E-state index contributed by atoms with van der Waals surface area (Å²) in [6, 6.07) is 0.949. The number of anilines is 1. The molecule has 2 heterocycles. The Morgan fingerprint density at radius 3 is 2.58 bits per heavy atom. The highest BCUT2D eigenvalue weighted by atomic mass is 35.5. The van der Waals surface area contributed by atoms with E-state index in [0.717, 1.165) is 13.0 Å². The van der Waals surface area contributed by atoms with Gasteiger partial charge in [0.1, 0.15) is 17.4 Å². The number of nitrogens with zero attached hydrogens (tertiary/aromatic N) is 4. The number of halogens is 5. The summed E-state index contributed by atoms with van der Waals surface area (Å²) < 4.78 is 85.2. The maximum atomic E-state index is 15.8. The first-order chi connectivity index (χ1) is 18.5. The van der Waals surface area contributed by atoms with Crippen LogP contribution in [0.2, 0.25) is 0 Å². The average Bonchev–Trinajstić information content (AvgIpc) is 2.85. The minimum Gasteiger partial charge on any atom is -0.380 e. The van der Waals surface area contributed by atoms with E-state index in [2.05, 4.69) is 20.0 Å². The fourth-order valence-corrected chi connectivity index (χ4v) is 7.03. The van der Waals surface area contributed by atoms with Gasteiger partial charge >= 0.3 is 6.18 Å². The number of alkyl halides is 4. The molecule has 0 spiro atoms. The van der Waals surface area contributed by atoms with E-state index in [9.17, 15) is 21.6 Å². The smallest absolute Gasteiger partial charge is 0.380 e. The molecule has 3 aliphatic rings. The van der Waals surface area contributed by atoms with Crippen LogP contribution in [0.15, 0.2) is 65.4 Å². The van der Waals surface area contributed by atoms with Crippen LogP contribution in [0.5, 0.6) is 0 Å². The van der Waals surface area contributed by atoms with Crippen LogP contribution in [0.4, 0.5) is 23.4 Å². The summed E-state index contributed by atoms with van der Waals surface area (Å²) in [7, 11) is -0.529. The predicted octanol–water partition coefficient (Wildman–Crippen LogP) is 4.34. The number of piperidine rings is 1. The maximum Gasteiger partial charge on any atom is 0.397 e. The van der Waals surface area contributed by atoms with E-state index in [4.69, 9.17) is 11.6 Å². The molecule has 0 aromatic carbocycles. The van der Waals surface area contributed by atoms with Crippen molar-refractivity contribution in [3.8, 4) is 0 Å². The lowest BCUT2D eigenvalue weighted by Gasteiger charge is -2.45. The van der Waals surface area contributed by atoms with Crippen LogP contribution in [0.3, 0.4) is 0 Å². The van der Waals surface area contributed by atoms with Crippen LogP contribution >= 0.6 is 11.6 Å². The Labute approximate surface area is 236 Å². The predicted molar refractivity (Wildman–Crippen MR) is 146 cm³/mol. The second-order valence-electron chi connectivity index (χ2n) is 11.0. The fraction of sp³-hybridized carbons (Fsp3) is 0.538. The summed E-state index contributed by atoms with van der Waals surface area (Å²) in [4.78, 5) is 11.4. The van der Waals surface area contributed by atoms with E-state index in [0.29, 0.717) is 25.2 Å². The van der Waals surface area contributed by atoms with Crippen LogP contribution in [0.25, 0.3) is 0 Å². The molecular weight excluding hydrogens is 572 g/mol. The van der Waals surface area contributed by atoms with E-state index in [1.807, 2.05) is 23.9 Å². The third-order valence-corrected chi connectivity index (χ3v) is 9.69. The van der Waals surface area contributed by atoms with Crippen molar-refractivity contribution in [3.05, 3.63) is 65.4 Å². The van der Waals surface area contributed by atoms with Crippen molar-refractivity contribution in [2.75, 3.05) is 31.9 Å². The lowest BCUT2D eigenvalue weighted by molar-refractivity contribution is -0.199. The van der Waals surface area contributed by atoms with Crippen molar-refractivity contribution in [1.82, 2.24) is 25.1 Å². The van der Waals surface area contributed by atoms with Gasteiger partial charge in [-0.1, -0.05) is 17.7 Å². The van der Waals surface area contributed by atoms with Gasteiger partial charge in [-0.15, -0.1) is 0 Å². The first-order valence-electron chi connectivity index (χ1n) is 12.7. The highest BCUT2D eigenvalue weighted by Crippen LogP contribution is 2.45. The van der Waals surface area contributed by atoms with Gasteiger partial charge in [0.15, 0.2) is 5.67 Å². The molecule has 8 nitrogen and oxygen atoms in total. The van der Waals surface area contributed by atoms with Crippen molar-refractivity contribution in [2.24, 2.45) is 5.41 Å². The number of likely N-dealkylation sites (N-methyl/N-ethyl adjacent to an activating group) is 1. The fourth-order valence-electron chi connectivity index (χ4n) is 5.19. The molecule has 1 aromatic heterocycles. The summed E-state index contributed by atoms with van der Waals surface area (Å²) >= 11 is 6.48. The van der Waals surface area contributed by atoms with Crippen molar-refractivity contribution >= 4 is 27.4 Å². The number of nitrogens with one attached hydrogen (secondary N) is 2. The Balaban J connectivity index is 1.51. The zero-order valence-electron chi connectivity index (χ0n) is 22.6. The van der Waals surface area contributed by atoms with E-state index in [1.54, 1.807) is 12.2 Å². The van der Waals surface area contributed by atoms with Gasteiger partial charge < -0.3 is 15.1 Å². The largest absolute Gasteiger partial charge is 0.397 e. The van der Waals surface area contributed by atoms with Crippen molar-refractivity contribution in [1.29, 1.82) is 0 Å². The molecule has 1 fully saturated rings. The normalized spacial score (nSPS) is 31.4. The molecule has 1 aliphatic heterocycles. The standard InChI is InChI=1S/C26H33ClF4N6O2S/c1-24(26(29,30)31)9-5-6-17(13-24)37-11-8-19(21(15-37)36(3)4)34-20-14-25(2,28)22(12-18(20)27)40(38,39)35-23-7-10-32-16-33-23/h5-7,10,12-14,16,19,21-22,34H,8-9,11,15H2,1-4H3,(H,32,33,35)/t19?,21-,22?,24?,25?/m0/s1. The Bertz CT molecular complexity index is 1330. The van der Waals surface area contributed by atoms with E-state index >= 15 is 4.39 Å². The van der Waals surface area contributed by atoms with Crippen LogP contribution in [-0.2, 0) is 10.0 Å². The number of hydrogen-bond acceptors (Lipinski definition) is 7. The zero-order chi connectivity index (χ0) is 29.5. The van der Waals surface area contributed by atoms with E-state index in [-0.39, 0.29) is 35.1 Å². The second-order valence-corrected chi connectivity index (χ2v) is 13.2. The highest BCUT2D eigenvalue weighted by molar-refractivity contribution is 7.93. The molecular formula is C26H33ClF4N6O2S. The monoisotopic (exact) mass is 604 g/mol.